The van der Waals surface area contributed by atoms with E-state index in [4.69, 9.17) is 11.6 Å². The summed E-state index contributed by atoms with van der Waals surface area (Å²) in [6, 6.07) is 10.1. The fourth-order valence-corrected chi connectivity index (χ4v) is 3.31. The fraction of sp³-hybridized carbons (Fsp3) is 0.412. The number of nitrogens with zero attached hydrogens (tertiary/aromatic N) is 2. The molecule has 0 bridgehead atoms. The molecule has 0 radical (unpaired) electrons. The third-order valence-corrected chi connectivity index (χ3v) is 4.52. The van der Waals surface area contributed by atoms with Crippen molar-refractivity contribution in [3.63, 3.8) is 0 Å². The van der Waals surface area contributed by atoms with Gasteiger partial charge in [-0.3, -0.25) is 10.3 Å². The first-order valence-electron chi connectivity index (χ1n) is 7.48. The zero-order valence-electron chi connectivity index (χ0n) is 11.8. The Kier molecular flexibility index (Phi) is 4.38. The highest BCUT2D eigenvalue weighted by Gasteiger charge is 2.21. The summed E-state index contributed by atoms with van der Waals surface area (Å²) >= 11 is 6.23. The van der Waals surface area contributed by atoms with E-state index in [1.165, 1.54) is 19.3 Å². The first-order valence-corrected chi connectivity index (χ1v) is 7.86. The van der Waals surface area contributed by atoms with E-state index in [1.807, 2.05) is 24.3 Å². The topological polar surface area (TPSA) is 48.7 Å². The molecule has 3 nitrogen and oxygen atoms in total. The molecule has 3 rings (SSSR count). The predicted octanol–water partition coefficient (Wildman–Crippen LogP) is 4.38. The van der Waals surface area contributed by atoms with Gasteiger partial charge in [-0.1, -0.05) is 36.9 Å². The second-order valence-electron chi connectivity index (χ2n) is 5.60. The summed E-state index contributed by atoms with van der Waals surface area (Å²) in [4.78, 5) is 4.43. The molecule has 0 saturated heterocycles. The van der Waals surface area contributed by atoms with Gasteiger partial charge in [-0.15, -0.1) is 0 Å². The summed E-state index contributed by atoms with van der Waals surface area (Å²) in [6.07, 6.45) is 7.84. The van der Waals surface area contributed by atoms with E-state index in [-0.39, 0.29) is 6.04 Å². The number of nitrogens with one attached hydrogen (secondary N) is 1. The van der Waals surface area contributed by atoms with Gasteiger partial charge in [0.15, 0.2) is 0 Å². The molecule has 0 amide bonds. The van der Waals surface area contributed by atoms with Crippen LogP contribution in [0.3, 0.4) is 0 Å². The second-order valence-corrected chi connectivity index (χ2v) is 6.01. The number of hydrogen-bond donors (Lipinski definition) is 1. The molecule has 108 valence electrons. The van der Waals surface area contributed by atoms with Gasteiger partial charge in [0.05, 0.1) is 11.6 Å². The van der Waals surface area contributed by atoms with Crippen molar-refractivity contribution >= 4 is 22.5 Å². The van der Waals surface area contributed by atoms with Gasteiger partial charge in [0.1, 0.15) is 6.04 Å². The molecule has 1 saturated carbocycles. The predicted molar refractivity (Wildman–Crippen MR) is 85.1 cm³/mol. The zero-order valence-corrected chi connectivity index (χ0v) is 12.6. The summed E-state index contributed by atoms with van der Waals surface area (Å²) in [5, 5.41) is 14.6. The highest BCUT2D eigenvalue weighted by Crippen LogP contribution is 2.29. The molecule has 0 aliphatic heterocycles. The van der Waals surface area contributed by atoms with Gasteiger partial charge >= 0.3 is 0 Å². The van der Waals surface area contributed by atoms with E-state index in [0.717, 1.165) is 29.3 Å². The van der Waals surface area contributed by atoms with Gasteiger partial charge in [-0.05, 0) is 31.0 Å². The molecule has 0 spiro atoms. The van der Waals surface area contributed by atoms with Crippen LogP contribution >= 0.6 is 11.6 Å². The van der Waals surface area contributed by atoms with Crippen LogP contribution in [0.25, 0.3) is 10.9 Å². The number of benzene rings is 1. The summed E-state index contributed by atoms with van der Waals surface area (Å²) in [6.45, 7) is 0. The molecule has 1 heterocycles. The highest BCUT2D eigenvalue weighted by molar-refractivity contribution is 6.35. The minimum atomic E-state index is -0.331. The minimum absolute atomic E-state index is 0.331. The van der Waals surface area contributed by atoms with Crippen molar-refractivity contribution in [1.29, 1.82) is 5.26 Å². The maximum atomic E-state index is 9.57. The number of fused-ring (bicyclic) bond motifs is 1. The van der Waals surface area contributed by atoms with Gasteiger partial charge in [0.25, 0.3) is 0 Å². The lowest BCUT2D eigenvalue weighted by Crippen LogP contribution is -2.34. The van der Waals surface area contributed by atoms with Crippen LogP contribution in [0, 0.1) is 11.3 Å². The minimum Gasteiger partial charge on any atom is -0.295 e. The molecule has 1 unspecified atom stereocenters. The number of pyridine rings is 1. The quantitative estimate of drug-likeness (QED) is 0.915. The molecule has 4 heteroatoms. The summed E-state index contributed by atoms with van der Waals surface area (Å²) in [5.41, 5.74) is 1.74. The van der Waals surface area contributed by atoms with Gasteiger partial charge in [0, 0.05) is 28.2 Å². The lowest BCUT2D eigenvalue weighted by molar-refractivity contribution is 0.360. The van der Waals surface area contributed by atoms with Crippen molar-refractivity contribution in [2.24, 2.45) is 0 Å². The Morgan fingerprint density at radius 2 is 2.05 bits per heavy atom. The van der Waals surface area contributed by atoms with Crippen molar-refractivity contribution in [3.05, 3.63) is 41.0 Å². The van der Waals surface area contributed by atoms with Crippen molar-refractivity contribution in [2.75, 3.05) is 0 Å². The summed E-state index contributed by atoms with van der Waals surface area (Å²) in [7, 11) is 0. The van der Waals surface area contributed by atoms with Crippen molar-refractivity contribution in [2.45, 2.75) is 44.2 Å². The normalized spacial score (nSPS) is 17.5. The number of halogens is 1. The summed E-state index contributed by atoms with van der Waals surface area (Å²) in [5.74, 6) is 0. The zero-order chi connectivity index (χ0) is 14.7. The molecular weight excluding hydrogens is 282 g/mol. The fourth-order valence-electron chi connectivity index (χ4n) is 3.09. The van der Waals surface area contributed by atoms with Crippen LogP contribution in [0.4, 0.5) is 0 Å². The highest BCUT2D eigenvalue weighted by atomic mass is 35.5. The van der Waals surface area contributed by atoms with Gasteiger partial charge in [0.2, 0.25) is 0 Å². The average molecular weight is 300 g/mol. The average Bonchev–Trinajstić information content (AvgIpc) is 2.55. The third-order valence-electron chi connectivity index (χ3n) is 4.20. The molecule has 1 aromatic heterocycles. The SMILES string of the molecule is N#CC(NC1CCCCC1)c1ccc(Cl)c2cccnc12. The molecular formula is C17H18ClN3. The van der Waals surface area contributed by atoms with Crippen molar-refractivity contribution in [3.8, 4) is 6.07 Å². The molecule has 2 aromatic rings. The van der Waals surface area contributed by atoms with Crippen LogP contribution in [-0.2, 0) is 0 Å². The molecule has 21 heavy (non-hydrogen) atoms. The smallest absolute Gasteiger partial charge is 0.123 e. The number of hydrogen-bond acceptors (Lipinski definition) is 3. The Morgan fingerprint density at radius 1 is 1.24 bits per heavy atom. The molecule has 1 fully saturated rings. The largest absolute Gasteiger partial charge is 0.295 e. The van der Waals surface area contributed by atoms with Gasteiger partial charge < -0.3 is 0 Å². The maximum Gasteiger partial charge on any atom is 0.123 e. The lowest BCUT2D eigenvalue weighted by atomic mass is 9.94. The van der Waals surface area contributed by atoms with Gasteiger partial charge in [-0.2, -0.15) is 5.26 Å². The first kappa shape index (κ1) is 14.3. The van der Waals surface area contributed by atoms with Gasteiger partial charge in [-0.25, -0.2) is 0 Å². The Morgan fingerprint density at radius 3 is 2.81 bits per heavy atom. The molecule has 1 aliphatic rings. The van der Waals surface area contributed by atoms with Crippen LogP contribution in [0.1, 0.15) is 43.7 Å². The van der Waals surface area contributed by atoms with Crippen LogP contribution in [0.15, 0.2) is 30.5 Å². The first-order chi connectivity index (χ1) is 10.3. The maximum absolute atomic E-state index is 9.57. The number of aromatic nitrogens is 1. The lowest BCUT2D eigenvalue weighted by Gasteiger charge is -2.26. The molecule has 1 aliphatic carbocycles. The van der Waals surface area contributed by atoms with Crippen molar-refractivity contribution in [1.82, 2.24) is 10.3 Å². The van der Waals surface area contributed by atoms with Crippen molar-refractivity contribution < 1.29 is 0 Å². The van der Waals surface area contributed by atoms with E-state index in [9.17, 15) is 5.26 Å². The molecule has 1 aromatic carbocycles. The van der Waals surface area contributed by atoms with Crippen LogP contribution in [-0.4, -0.2) is 11.0 Å². The second kappa shape index (κ2) is 6.43. The van der Waals surface area contributed by atoms with E-state index in [1.54, 1.807) is 6.20 Å². The summed E-state index contributed by atoms with van der Waals surface area (Å²) < 4.78 is 0. The van der Waals surface area contributed by atoms with E-state index in [0.29, 0.717) is 11.1 Å². The number of rotatable bonds is 3. The van der Waals surface area contributed by atoms with E-state index < -0.39 is 0 Å². The standard InChI is InChI=1S/C17H18ClN3/c18-15-9-8-14(17-13(15)7-4-10-20-17)16(11-19)21-12-5-2-1-3-6-12/h4,7-10,12,16,21H,1-3,5-6H2. The Bertz CT molecular complexity index is 671. The molecule has 1 N–H and O–H groups in total. The third kappa shape index (κ3) is 3.02. The van der Waals surface area contributed by atoms with Crippen LogP contribution in [0.2, 0.25) is 5.02 Å². The van der Waals surface area contributed by atoms with E-state index in [2.05, 4.69) is 16.4 Å². The van der Waals surface area contributed by atoms with E-state index >= 15 is 0 Å². The Balaban J connectivity index is 1.94. The monoisotopic (exact) mass is 299 g/mol. The van der Waals surface area contributed by atoms with Crippen LogP contribution in [0.5, 0.6) is 0 Å². The Labute approximate surface area is 129 Å². The Hall–Kier alpha value is -1.63. The molecule has 1 atom stereocenters. The van der Waals surface area contributed by atoms with Crippen LogP contribution < -0.4 is 5.32 Å². The number of nitriles is 1.